The monoisotopic (exact) mass is 297 g/mol. The lowest BCUT2D eigenvalue weighted by atomic mass is 9.98. The van der Waals surface area contributed by atoms with Gasteiger partial charge in [-0.25, -0.2) is 4.98 Å². The summed E-state index contributed by atoms with van der Waals surface area (Å²) in [5, 5.41) is 20.3. The molecule has 19 heavy (non-hydrogen) atoms. The Balaban J connectivity index is 2.40. The Labute approximate surface area is 121 Å². The second-order valence-corrected chi connectivity index (χ2v) is 4.93. The highest BCUT2D eigenvalue weighted by molar-refractivity contribution is 6.30. The second kappa shape index (κ2) is 6.35. The Bertz CT molecular complexity index is 575. The van der Waals surface area contributed by atoms with Gasteiger partial charge in [0.25, 0.3) is 0 Å². The van der Waals surface area contributed by atoms with Crippen LogP contribution in [0.5, 0.6) is 0 Å². The molecule has 0 saturated carbocycles. The molecule has 0 radical (unpaired) electrons. The Kier molecular flexibility index (Phi) is 4.77. The lowest BCUT2D eigenvalue weighted by Crippen LogP contribution is -2.07. The van der Waals surface area contributed by atoms with Crippen LogP contribution in [-0.2, 0) is 6.42 Å². The first-order chi connectivity index (χ1) is 9.11. The number of benzene rings is 1. The molecule has 0 spiro atoms. The minimum Gasteiger partial charge on any atom is -0.396 e. The van der Waals surface area contributed by atoms with Gasteiger partial charge in [0, 0.05) is 11.6 Å². The third kappa shape index (κ3) is 3.45. The third-order valence-corrected chi connectivity index (χ3v) is 3.24. The van der Waals surface area contributed by atoms with Crippen LogP contribution in [0.1, 0.15) is 22.9 Å². The first kappa shape index (κ1) is 14.3. The first-order valence-electron chi connectivity index (χ1n) is 5.81. The molecule has 2 rings (SSSR count). The van der Waals surface area contributed by atoms with Crippen molar-refractivity contribution >= 4 is 23.2 Å². The number of hydrogen-bond donors (Lipinski definition) is 2. The number of rotatable bonds is 4. The molecular formula is C14H13Cl2NO2. The summed E-state index contributed by atoms with van der Waals surface area (Å²) in [7, 11) is 0. The summed E-state index contributed by atoms with van der Waals surface area (Å²) in [4.78, 5) is 4.09. The highest BCUT2D eigenvalue weighted by atomic mass is 35.5. The maximum Gasteiger partial charge on any atom is 0.129 e. The molecule has 1 heterocycles. The fraction of sp³-hybridized carbons (Fsp3) is 0.214. The van der Waals surface area contributed by atoms with Crippen LogP contribution >= 0.6 is 23.2 Å². The van der Waals surface area contributed by atoms with Crippen molar-refractivity contribution < 1.29 is 10.2 Å². The molecule has 3 nitrogen and oxygen atoms in total. The molecule has 0 saturated heterocycles. The van der Waals surface area contributed by atoms with Crippen molar-refractivity contribution in [3.63, 3.8) is 0 Å². The number of aliphatic hydroxyl groups excluding tert-OH is 2. The molecule has 0 aliphatic heterocycles. The fourth-order valence-corrected chi connectivity index (χ4v) is 2.28. The van der Waals surface area contributed by atoms with Gasteiger partial charge in [-0.1, -0.05) is 35.3 Å². The van der Waals surface area contributed by atoms with Gasteiger partial charge in [0.1, 0.15) is 11.3 Å². The summed E-state index contributed by atoms with van der Waals surface area (Å²) in [6, 6.07) is 10.3. The number of aromatic nitrogens is 1. The van der Waals surface area contributed by atoms with Crippen molar-refractivity contribution in [1.82, 2.24) is 4.98 Å². The molecule has 2 N–H and O–H groups in total. The number of pyridine rings is 1. The molecule has 1 aromatic carbocycles. The van der Waals surface area contributed by atoms with Crippen LogP contribution in [0.25, 0.3) is 0 Å². The van der Waals surface area contributed by atoms with Gasteiger partial charge in [-0.2, -0.15) is 0 Å². The van der Waals surface area contributed by atoms with Crippen molar-refractivity contribution in [2.45, 2.75) is 12.5 Å². The maximum absolute atomic E-state index is 10.4. The van der Waals surface area contributed by atoms with E-state index in [0.717, 1.165) is 5.56 Å². The van der Waals surface area contributed by atoms with Gasteiger partial charge in [-0.05, 0) is 41.8 Å². The summed E-state index contributed by atoms with van der Waals surface area (Å²) in [6.07, 6.45) is -0.467. The van der Waals surface area contributed by atoms with Gasteiger partial charge in [0.05, 0.1) is 5.69 Å². The largest absolute Gasteiger partial charge is 0.396 e. The molecule has 100 valence electrons. The first-order valence-corrected chi connectivity index (χ1v) is 6.57. The minimum absolute atomic E-state index is 0.0109. The van der Waals surface area contributed by atoms with Crippen LogP contribution in [0, 0.1) is 0 Å². The summed E-state index contributed by atoms with van der Waals surface area (Å²) >= 11 is 11.7. The zero-order valence-corrected chi connectivity index (χ0v) is 11.6. The van der Waals surface area contributed by atoms with Crippen LogP contribution < -0.4 is 0 Å². The number of aliphatic hydroxyl groups is 2. The average Bonchev–Trinajstić information content (AvgIpc) is 2.39. The van der Waals surface area contributed by atoms with Crippen molar-refractivity contribution in [2.75, 3.05) is 6.61 Å². The smallest absolute Gasteiger partial charge is 0.129 e. The van der Waals surface area contributed by atoms with Gasteiger partial charge < -0.3 is 10.2 Å². The molecule has 5 heteroatoms. The second-order valence-electron chi connectivity index (χ2n) is 4.10. The summed E-state index contributed by atoms with van der Waals surface area (Å²) in [5.41, 5.74) is 1.94. The maximum atomic E-state index is 10.4. The van der Waals surface area contributed by atoms with Gasteiger partial charge in [0.15, 0.2) is 0 Å². The minimum atomic E-state index is -0.891. The van der Waals surface area contributed by atoms with E-state index in [1.54, 1.807) is 36.4 Å². The molecule has 0 aliphatic carbocycles. The highest BCUT2D eigenvalue weighted by Crippen LogP contribution is 2.27. The molecule has 0 bridgehead atoms. The Morgan fingerprint density at radius 1 is 1.16 bits per heavy atom. The quantitative estimate of drug-likeness (QED) is 0.853. The summed E-state index contributed by atoms with van der Waals surface area (Å²) < 4.78 is 0. The fourth-order valence-electron chi connectivity index (χ4n) is 1.91. The predicted molar refractivity (Wildman–Crippen MR) is 75.6 cm³/mol. The molecule has 1 unspecified atom stereocenters. The topological polar surface area (TPSA) is 53.4 Å². The van der Waals surface area contributed by atoms with Crippen LogP contribution in [0.15, 0.2) is 36.4 Å². The molecular weight excluding hydrogens is 285 g/mol. The van der Waals surface area contributed by atoms with E-state index in [0.29, 0.717) is 27.9 Å². The molecule has 2 aromatic rings. The predicted octanol–water partition coefficient (Wildman–Crippen LogP) is 3.00. The van der Waals surface area contributed by atoms with Crippen LogP contribution in [-0.4, -0.2) is 21.8 Å². The van der Waals surface area contributed by atoms with Gasteiger partial charge >= 0.3 is 0 Å². The van der Waals surface area contributed by atoms with Gasteiger partial charge in [-0.3, -0.25) is 0 Å². The van der Waals surface area contributed by atoms with Crippen molar-refractivity contribution in [2.24, 2.45) is 0 Å². The lowest BCUT2D eigenvalue weighted by molar-refractivity contribution is 0.213. The molecule has 0 fully saturated rings. The van der Waals surface area contributed by atoms with Crippen molar-refractivity contribution in [3.8, 4) is 0 Å². The van der Waals surface area contributed by atoms with E-state index in [1.165, 1.54) is 0 Å². The van der Waals surface area contributed by atoms with E-state index in [-0.39, 0.29) is 6.61 Å². The lowest BCUT2D eigenvalue weighted by Gasteiger charge is -2.15. The van der Waals surface area contributed by atoms with E-state index in [4.69, 9.17) is 28.3 Å². The SMILES string of the molecule is OCCc1cc(Cl)ccc1C(O)c1cccc(Cl)n1. The number of nitrogens with zero attached hydrogens (tertiary/aromatic N) is 1. The number of hydrogen-bond acceptors (Lipinski definition) is 3. The van der Waals surface area contributed by atoms with Gasteiger partial charge in [-0.15, -0.1) is 0 Å². The third-order valence-electron chi connectivity index (χ3n) is 2.80. The molecule has 1 aromatic heterocycles. The molecule has 0 amide bonds. The highest BCUT2D eigenvalue weighted by Gasteiger charge is 2.16. The van der Waals surface area contributed by atoms with E-state index < -0.39 is 6.10 Å². The summed E-state index contributed by atoms with van der Waals surface area (Å²) in [5.74, 6) is 0. The average molecular weight is 298 g/mol. The Hall–Kier alpha value is -1.13. The standard InChI is InChI=1S/C14H13Cl2NO2/c15-10-4-5-11(9(8-10)6-7-18)14(19)12-2-1-3-13(16)17-12/h1-5,8,14,18-19H,6-7H2. The van der Waals surface area contributed by atoms with Crippen LogP contribution in [0.3, 0.4) is 0 Å². The Morgan fingerprint density at radius 2 is 1.95 bits per heavy atom. The Morgan fingerprint density at radius 3 is 2.63 bits per heavy atom. The summed E-state index contributed by atoms with van der Waals surface area (Å²) in [6.45, 7) is -0.0109. The zero-order chi connectivity index (χ0) is 13.8. The van der Waals surface area contributed by atoms with E-state index in [9.17, 15) is 5.11 Å². The zero-order valence-electron chi connectivity index (χ0n) is 10.1. The normalized spacial score (nSPS) is 12.4. The van der Waals surface area contributed by atoms with Crippen molar-refractivity contribution in [1.29, 1.82) is 0 Å². The molecule has 1 atom stereocenters. The van der Waals surface area contributed by atoms with Crippen LogP contribution in [0.4, 0.5) is 0 Å². The van der Waals surface area contributed by atoms with E-state index >= 15 is 0 Å². The van der Waals surface area contributed by atoms with Crippen molar-refractivity contribution in [3.05, 3.63) is 63.4 Å². The van der Waals surface area contributed by atoms with E-state index in [2.05, 4.69) is 4.98 Å². The van der Waals surface area contributed by atoms with Gasteiger partial charge in [0.2, 0.25) is 0 Å². The van der Waals surface area contributed by atoms with E-state index in [1.807, 2.05) is 0 Å². The molecule has 0 aliphatic rings. The van der Waals surface area contributed by atoms with Crippen LogP contribution in [0.2, 0.25) is 10.2 Å². The number of halogens is 2.